The second-order valence-corrected chi connectivity index (χ2v) is 5.09. The van der Waals surface area contributed by atoms with E-state index in [1.807, 2.05) is 0 Å². The van der Waals surface area contributed by atoms with E-state index in [1.54, 1.807) is 19.1 Å². The summed E-state index contributed by atoms with van der Waals surface area (Å²) >= 11 is 0. The lowest BCUT2D eigenvalue weighted by molar-refractivity contribution is 0.0951. The average molecular weight is 333 g/mol. The van der Waals surface area contributed by atoms with Crippen LogP contribution in [0.25, 0.3) is 0 Å². The lowest BCUT2D eigenvalue weighted by atomic mass is 10.1. The molecule has 1 aromatic carbocycles. The van der Waals surface area contributed by atoms with Crippen molar-refractivity contribution in [2.24, 2.45) is 0 Å². The second kappa shape index (κ2) is 8.14. The molecule has 6 nitrogen and oxygen atoms in total. The number of benzene rings is 1. The maximum Gasteiger partial charge on any atom is 0.271 e. The van der Waals surface area contributed by atoms with E-state index in [9.17, 15) is 14.0 Å². The summed E-state index contributed by atoms with van der Waals surface area (Å²) in [5.41, 5.74) is 1.21. The van der Waals surface area contributed by atoms with Crippen molar-refractivity contribution in [3.63, 3.8) is 0 Å². The predicted octanol–water partition coefficient (Wildman–Crippen LogP) is 1.88. The van der Waals surface area contributed by atoms with Crippen molar-refractivity contribution in [3.05, 3.63) is 53.1 Å². The number of carbonyl (C=O) groups is 2. The van der Waals surface area contributed by atoms with Crippen LogP contribution >= 0.6 is 0 Å². The number of nitrogens with one attached hydrogen (secondary N) is 3. The Bertz CT molecular complexity index is 728. The summed E-state index contributed by atoms with van der Waals surface area (Å²) in [6, 6.07) is 7.72. The molecular weight excluding hydrogens is 313 g/mol. The van der Waals surface area contributed by atoms with Crippen molar-refractivity contribution in [2.75, 3.05) is 20.2 Å². The zero-order chi connectivity index (χ0) is 17.5. The van der Waals surface area contributed by atoms with Crippen LogP contribution in [0, 0.1) is 5.82 Å². The molecule has 0 bridgehead atoms. The molecule has 1 heterocycles. The first-order valence-electron chi connectivity index (χ1n) is 7.65. The zero-order valence-electron chi connectivity index (χ0n) is 13.6. The van der Waals surface area contributed by atoms with Crippen LogP contribution < -0.4 is 15.4 Å². The third-order valence-corrected chi connectivity index (χ3v) is 3.35. The molecule has 0 aliphatic heterocycles. The highest BCUT2D eigenvalue weighted by Gasteiger charge is 2.19. The lowest BCUT2D eigenvalue weighted by Gasteiger charge is -2.06. The number of rotatable bonds is 7. The minimum Gasteiger partial charge on any atom is -0.491 e. The van der Waals surface area contributed by atoms with Crippen molar-refractivity contribution in [3.8, 4) is 5.75 Å². The summed E-state index contributed by atoms with van der Waals surface area (Å²) in [7, 11) is 1.49. The molecule has 0 spiro atoms. The van der Waals surface area contributed by atoms with Crippen molar-refractivity contribution in [1.29, 1.82) is 0 Å². The first-order chi connectivity index (χ1) is 11.5. The number of halogens is 1. The fourth-order valence-electron chi connectivity index (χ4n) is 2.19. The molecule has 0 saturated carbocycles. The van der Waals surface area contributed by atoms with Gasteiger partial charge in [0.15, 0.2) is 5.75 Å². The van der Waals surface area contributed by atoms with E-state index in [1.165, 1.54) is 25.2 Å². The third-order valence-electron chi connectivity index (χ3n) is 3.35. The van der Waals surface area contributed by atoms with Gasteiger partial charge >= 0.3 is 0 Å². The first kappa shape index (κ1) is 17.5. The normalized spacial score (nSPS) is 10.3. The Balaban J connectivity index is 2.09. The standard InChI is InChI=1S/C17H20FN3O3/c1-3-20-16(22)13-10-14(15(21-13)17(23)19-2)24-8-7-11-5-4-6-12(18)9-11/h4-6,9-10,21H,3,7-8H2,1-2H3,(H,19,23)(H,20,22). The number of hydrogen-bond acceptors (Lipinski definition) is 3. The van der Waals surface area contributed by atoms with E-state index in [0.717, 1.165) is 5.56 Å². The summed E-state index contributed by atoms with van der Waals surface area (Å²) in [6.45, 7) is 2.53. The van der Waals surface area contributed by atoms with E-state index < -0.39 is 0 Å². The van der Waals surface area contributed by atoms with Gasteiger partial charge in [-0.05, 0) is 24.6 Å². The maximum atomic E-state index is 13.2. The molecular formula is C17H20FN3O3. The van der Waals surface area contributed by atoms with Crippen molar-refractivity contribution in [2.45, 2.75) is 13.3 Å². The van der Waals surface area contributed by atoms with Crippen LogP contribution in [0.2, 0.25) is 0 Å². The van der Waals surface area contributed by atoms with E-state index >= 15 is 0 Å². The van der Waals surface area contributed by atoms with Crippen molar-refractivity contribution < 1.29 is 18.7 Å². The Morgan fingerprint density at radius 1 is 1.25 bits per heavy atom. The molecule has 2 rings (SSSR count). The molecule has 2 aromatic rings. The highest BCUT2D eigenvalue weighted by atomic mass is 19.1. The highest BCUT2D eigenvalue weighted by molar-refractivity contribution is 5.99. The number of carbonyl (C=O) groups excluding carboxylic acids is 2. The Morgan fingerprint density at radius 3 is 2.71 bits per heavy atom. The average Bonchev–Trinajstić information content (AvgIpc) is 2.99. The Hall–Kier alpha value is -2.83. The van der Waals surface area contributed by atoms with E-state index in [2.05, 4.69) is 15.6 Å². The lowest BCUT2D eigenvalue weighted by Crippen LogP contribution is -2.23. The smallest absolute Gasteiger partial charge is 0.271 e. The third kappa shape index (κ3) is 4.34. The van der Waals surface area contributed by atoms with Gasteiger partial charge in [-0.15, -0.1) is 0 Å². The SMILES string of the molecule is CCNC(=O)c1cc(OCCc2cccc(F)c2)c(C(=O)NC)[nH]1. The predicted molar refractivity (Wildman–Crippen MR) is 87.8 cm³/mol. The number of H-pyrrole nitrogens is 1. The fraction of sp³-hybridized carbons (Fsp3) is 0.294. The molecule has 2 amide bonds. The van der Waals surface area contributed by atoms with E-state index in [0.29, 0.717) is 13.0 Å². The van der Waals surface area contributed by atoms with Gasteiger partial charge in [0.05, 0.1) is 6.61 Å². The Kier molecular flexibility index (Phi) is 5.95. The van der Waals surface area contributed by atoms with Crippen LogP contribution in [-0.2, 0) is 6.42 Å². The van der Waals surface area contributed by atoms with Gasteiger partial charge in [-0.3, -0.25) is 9.59 Å². The molecule has 3 N–H and O–H groups in total. The van der Waals surface area contributed by atoms with Gasteiger partial charge in [-0.2, -0.15) is 0 Å². The number of amides is 2. The molecule has 7 heteroatoms. The summed E-state index contributed by atoms with van der Waals surface area (Å²) in [4.78, 5) is 26.6. The molecule has 0 saturated heterocycles. The summed E-state index contributed by atoms with van der Waals surface area (Å²) < 4.78 is 18.8. The minimum atomic E-state index is -0.383. The number of aromatic amines is 1. The maximum absolute atomic E-state index is 13.2. The molecule has 24 heavy (non-hydrogen) atoms. The van der Waals surface area contributed by atoms with Gasteiger partial charge in [-0.25, -0.2) is 4.39 Å². The van der Waals surface area contributed by atoms with E-state index in [4.69, 9.17) is 4.74 Å². The molecule has 0 radical (unpaired) electrons. The van der Waals surface area contributed by atoms with Crippen LogP contribution in [0.15, 0.2) is 30.3 Å². The molecule has 0 atom stereocenters. The van der Waals surface area contributed by atoms with Gasteiger partial charge in [0, 0.05) is 26.1 Å². The first-order valence-corrected chi connectivity index (χ1v) is 7.65. The number of ether oxygens (including phenoxy) is 1. The molecule has 1 aromatic heterocycles. The van der Waals surface area contributed by atoms with Crippen LogP contribution in [0.5, 0.6) is 5.75 Å². The molecule has 0 fully saturated rings. The van der Waals surface area contributed by atoms with Crippen molar-refractivity contribution in [1.82, 2.24) is 15.6 Å². The quantitative estimate of drug-likeness (QED) is 0.723. The van der Waals surface area contributed by atoms with Gasteiger partial charge in [0.25, 0.3) is 11.8 Å². The van der Waals surface area contributed by atoms with Crippen LogP contribution in [0.4, 0.5) is 4.39 Å². The van der Waals surface area contributed by atoms with Gasteiger partial charge in [0.1, 0.15) is 17.2 Å². The van der Waals surface area contributed by atoms with E-state index in [-0.39, 0.29) is 41.4 Å². The minimum absolute atomic E-state index is 0.179. The summed E-state index contributed by atoms with van der Waals surface area (Å²) in [5, 5.41) is 5.14. The fourth-order valence-corrected chi connectivity index (χ4v) is 2.19. The Morgan fingerprint density at radius 2 is 2.04 bits per heavy atom. The molecule has 0 aliphatic carbocycles. The Labute approximate surface area is 139 Å². The summed E-state index contributed by atoms with van der Waals surface area (Å²) in [5.74, 6) is -0.723. The van der Waals surface area contributed by atoms with Crippen LogP contribution in [0.3, 0.4) is 0 Å². The highest BCUT2D eigenvalue weighted by Crippen LogP contribution is 2.20. The largest absolute Gasteiger partial charge is 0.491 e. The second-order valence-electron chi connectivity index (χ2n) is 5.09. The van der Waals surface area contributed by atoms with Gasteiger partial charge in [-0.1, -0.05) is 12.1 Å². The monoisotopic (exact) mass is 333 g/mol. The van der Waals surface area contributed by atoms with Gasteiger partial charge in [0.2, 0.25) is 0 Å². The number of hydrogen-bond donors (Lipinski definition) is 3. The van der Waals surface area contributed by atoms with Crippen LogP contribution in [-0.4, -0.2) is 37.0 Å². The summed E-state index contributed by atoms with van der Waals surface area (Å²) in [6.07, 6.45) is 0.479. The molecule has 0 unspecified atom stereocenters. The van der Waals surface area contributed by atoms with Crippen LogP contribution in [0.1, 0.15) is 33.5 Å². The molecule has 0 aliphatic rings. The number of aromatic nitrogens is 1. The zero-order valence-corrected chi connectivity index (χ0v) is 13.6. The van der Waals surface area contributed by atoms with Gasteiger partial charge < -0.3 is 20.4 Å². The topological polar surface area (TPSA) is 83.2 Å². The van der Waals surface area contributed by atoms with Crippen molar-refractivity contribution >= 4 is 11.8 Å². The molecule has 128 valence electrons.